The molecule has 0 radical (unpaired) electrons. The highest BCUT2D eigenvalue weighted by molar-refractivity contribution is 9.10. The summed E-state index contributed by atoms with van der Waals surface area (Å²) in [5.74, 6) is 6.11. The lowest BCUT2D eigenvalue weighted by Gasteiger charge is -2.11. The number of hydrogen-bond donors (Lipinski definition) is 3. The van der Waals surface area contributed by atoms with Crippen molar-refractivity contribution < 1.29 is 0 Å². The van der Waals surface area contributed by atoms with Crippen LogP contribution < -0.4 is 16.6 Å². The number of nitrogens with zero attached hydrogens (tertiary/aromatic N) is 1. The Hall–Kier alpha value is -1.07. The number of rotatable bonds is 2. The van der Waals surface area contributed by atoms with Gasteiger partial charge in [-0.05, 0) is 37.1 Å². The predicted molar refractivity (Wildman–Crippen MR) is 74.8 cm³/mol. The van der Waals surface area contributed by atoms with E-state index in [0.29, 0.717) is 12.0 Å². The summed E-state index contributed by atoms with van der Waals surface area (Å²) in [6, 6.07) is 8.32. The summed E-state index contributed by atoms with van der Waals surface area (Å²) in [5.41, 5.74) is 3.59. The maximum Gasteiger partial charge on any atom is 0.210 e. The van der Waals surface area contributed by atoms with Gasteiger partial charge in [0.05, 0.1) is 6.04 Å². The van der Waals surface area contributed by atoms with E-state index in [4.69, 9.17) is 5.84 Å². The molecule has 17 heavy (non-hydrogen) atoms. The van der Waals surface area contributed by atoms with E-state index in [9.17, 15) is 0 Å². The molecule has 2 rings (SSSR count). The van der Waals surface area contributed by atoms with Crippen LogP contribution in [-0.4, -0.2) is 12.0 Å². The summed E-state index contributed by atoms with van der Waals surface area (Å²) in [6.07, 6.45) is 4.86. The average Bonchev–Trinajstić information content (AvgIpc) is 2.84. The summed E-state index contributed by atoms with van der Waals surface area (Å²) in [4.78, 5) is 4.57. The summed E-state index contributed by atoms with van der Waals surface area (Å²) in [6.45, 7) is 0. The molecule has 5 heteroatoms. The normalized spacial score (nSPS) is 17.2. The van der Waals surface area contributed by atoms with Gasteiger partial charge in [0.25, 0.3) is 0 Å². The monoisotopic (exact) mass is 296 g/mol. The van der Waals surface area contributed by atoms with E-state index in [1.807, 2.05) is 24.3 Å². The Bertz CT molecular complexity index is 382. The number of guanidine groups is 1. The molecule has 1 aliphatic carbocycles. The van der Waals surface area contributed by atoms with Crippen LogP contribution in [-0.2, 0) is 0 Å². The third-order valence-corrected chi connectivity index (χ3v) is 3.41. The smallest absolute Gasteiger partial charge is 0.210 e. The van der Waals surface area contributed by atoms with E-state index in [0.717, 1.165) is 23.0 Å². The molecule has 92 valence electrons. The van der Waals surface area contributed by atoms with E-state index in [2.05, 4.69) is 31.7 Å². The number of halogens is 1. The second-order valence-corrected chi connectivity index (χ2v) is 5.11. The number of hydrazine groups is 1. The summed E-state index contributed by atoms with van der Waals surface area (Å²) in [5, 5.41) is 3.18. The van der Waals surface area contributed by atoms with Gasteiger partial charge in [-0.25, -0.2) is 10.8 Å². The highest BCUT2D eigenvalue weighted by atomic mass is 79.9. The highest BCUT2D eigenvalue weighted by Crippen LogP contribution is 2.21. The Kier molecular flexibility index (Phi) is 4.39. The van der Waals surface area contributed by atoms with Gasteiger partial charge in [0.2, 0.25) is 5.96 Å². The topological polar surface area (TPSA) is 62.4 Å². The van der Waals surface area contributed by atoms with E-state index < -0.39 is 0 Å². The summed E-state index contributed by atoms with van der Waals surface area (Å²) >= 11 is 3.40. The van der Waals surface area contributed by atoms with E-state index in [1.54, 1.807) is 0 Å². The van der Waals surface area contributed by atoms with Crippen LogP contribution in [0.5, 0.6) is 0 Å². The largest absolute Gasteiger partial charge is 0.325 e. The molecular weight excluding hydrogens is 280 g/mol. The maximum absolute atomic E-state index is 5.48. The van der Waals surface area contributed by atoms with Gasteiger partial charge in [0.15, 0.2) is 0 Å². The molecule has 0 aliphatic heterocycles. The third kappa shape index (κ3) is 3.71. The fourth-order valence-corrected chi connectivity index (χ4v) is 2.26. The highest BCUT2D eigenvalue weighted by Gasteiger charge is 2.14. The van der Waals surface area contributed by atoms with Crippen molar-refractivity contribution in [2.24, 2.45) is 10.8 Å². The molecule has 1 saturated carbocycles. The predicted octanol–water partition coefficient (Wildman–Crippen LogP) is 2.62. The zero-order chi connectivity index (χ0) is 12.1. The molecule has 1 aliphatic rings. The molecule has 0 aromatic heterocycles. The SMILES string of the molecule is NNC(=NC1CCCC1)Nc1ccc(Br)cc1. The van der Waals surface area contributed by atoms with E-state index >= 15 is 0 Å². The zero-order valence-electron chi connectivity index (χ0n) is 9.62. The maximum atomic E-state index is 5.48. The molecule has 0 bridgehead atoms. The number of nitrogens with one attached hydrogen (secondary N) is 2. The number of benzene rings is 1. The fraction of sp³-hybridized carbons (Fsp3) is 0.417. The second kappa shape index (κ2) is 6.02. The van der Waals surface area contributed by atoms with Crippen LogP contribution in [0.15, 0.2) is 33.7 Å². The van der Waals surface area contributed by atoms with Gasteiger partial charge < -0.3 is 5.32 Å². The fourth-order valence-electron chi connectivity index (χ4n) is 1.99. The standard InChI is InChI=1S/C12H17BrN4/c13-9-5-7-11(8-6-9)16-12(17-14)15-10-3-1-2-4-10/h5-8,10H,1-4,14H2,(H2,15,16,17). The van der Waals surface area contributed by atoms with Crippen LogP contribution in [0.25, 0.3) is 0 Å². The molecule has 1 aromatic carbocycles. The first-order chi connectivity index (χ1) is 8.28. The minimum absolute atomic E-state index is 0.406. The molecule has 1 fully saturated rings. The van der Waals surface area contributed by atoms with Crippen molar-refractivity contribution >= 4 is 27.6 Å². The molecule has 4 N–H and O–H groups in total. The Morgan fingerprint density at radius 1 is 1.24 bits per heavy atom. The summed E-state index contributed by atoms with van der Waals surface area (Å²) < 4.78 is 1.05. The first-order valence-corrected chi connectivity index (χ1v) is 6.64. The molecule has 0 amide bonds. The van der Waals surface area contributed by atoms with Gasteiger partial charge in [-0.15, -0.1) is 0 Å². The molecule has 0 saturated heterocycles. The molecule has 0 atom stereocenters. The molecule has 0 heterocycles. The van der Waals surface area contributed by atoms with Crippen molar-refractivity contribution in [2.75, 3.05) is 5.32 Å². The minimum Gasteiger partial charge on any atom is -0.325 e. The van der Waals surface area contributed by atoms with Crippen molar-refractivity contribution in [2.45, 2.75) is 31.7 Å². The van der Waals surface area contributed by atoms with Crippen LogP contribution in [0.2, 0.25) is 0 Å². The van der Waals surface area contributed by atoms with Crippen LogP contribution >= 0.6 is 15.9 Å². The molecule has 1 aromatic rings. The Labute approximate surface area is 110 Å². The lowest BCUT2D eigenvalue weighted by molar-refractivity contribution is 0.700. The molecule has 0 spiro atoms. The minimum atomic E-state index is 0.406. The zero-order valence-corrected chi connectivity index (χ0v) is 11.2. The van der Waals surface area contributed by atoms with Gasteiger partial charge in [-0.2, -0.15) is 0 Å². The van der Waals surface area contributed by atoms with Crippen molar-refractivity contribution in [1.29, 1.82) is 0 Å². The lowest BCUT2D eigenvalue weighted by atomic mass is 10.3. The van der Waals surface area contributed by atoms with Crippen molar-refractivity contribution in [3.05, 3.63) is 28.7 Å². The number of anilines is 1. The Morgan fingerprint density at radius 3 is 2.47 bits per heavy atom. The average molecular weight is 297 g/mol. The van der Waals surface area contributed by atoms with Crippen molar-refractivity contribution in [3.63, 3.8) is 0 Å². The first kappa shape index (κ1) is 12.4. The van der Waals surface area contributed by atoms with Crippen molar-refractivity contribution in [3.8, 4) is 0 Å². The Morgan fingerprint density at radius 2 is 1.88 bits per heavy atom. The van der Waals surface area contributed by atoms with Crippen LogP contribution in [0.1, 0.15) is 25.7 Å². The first-order valence-electron chi connectivity index (χ1n) is 5.85. The molecule has 0 unspecified atom stereocenters. The third-order valence-electron chi connectivity index (χ3n) is 2.88. The van der Waals surface area contributed by atoms with Gasteiger partial charge in [-0.3, -0.25) is 5.43 Å². The van der Waals surface area contributed by atoms with Gasteiger partial charge in [0.1, 0.15) is 0 Å². The van der Waals surface area contributed by atoms with Crippen molar-refractivity contribution in [1.82, 2.24) is 5.43 Å². The second-order valence-electron chi connectivity index (χ2n) is 4.19. The Balaban J connectivity index is 2.01. The lowest BCUT2D eigenvalue weighted by Crippen LogP contribution is -2.37. The van der Waals surface area contributed by atoms with Crippen LogP contribution in [0.4, 0.5) is 5.69 Å². The molecular formula is C12H17BrN4. The molecule has 4 nitrogen and oxygen atoms in total. The number of nitrogens with two attached hydrogens (primary N) is 1. The number of hydrogen-bond acceptors (Lipinski definition) is 2. The van der Waals surface area contributed by atoms with Gasteiger partial charge >= 0.3 is 0 Å². The summed E-state index contributed by atoms with van der Waals surface area (Å²) in [7, 11) is 0. The quantitative estimate of drug-likeness (QED) is 0.340. The van der Waals surface area contributed by atoms with E-state index in [1.165, 1.54) is 12.8 Å². The number of aliphatic imine (C=N–C) groups is 1. The van der Waals surface area contributed by atoms with Gasteiger partial charge in [-0.1, -0.05) is 28.8 Å². The van der Waals surface area contributed by atoms with Gasteiger partial charge in [0, 0.05) is 10.2 Å². The van der Waals surface area contributed by atoms with Crippen LogP contribution in [0, 0.1) is 0 Å². The van der Waals surface area contributed by atoms with Crippen LogP contribution in [0.3, 0.4) is 0 Å². The van der Waals surface area contributed by atoms with E-state index in [-0.39, 0.29) is 0 Å².